The highest BCUT2D eigenvalue weighted by Gasteiger charge is 2.28. The number of aromatic nitrogens is 2. The van der Waals surface area contributed by atoms with Gasteiger partial charge in [0.05, 0.1) is 23.5 Å². The van der Waals surface area contributed by atoms with E-state index in [1.54, 1.807) is 0 Å². The predicted molar refractivity (Wildman–Crippen MR) is 84.6 cm³/mol. The number of hydrogen-bond donors (Lipinski definition) is 0. The van der Waals surface area contributed by atoms with Crippen LogP contribution in [0, 0.1) is 0 Å². The van der Waals surface area contributed by atoms with Crippen molar-refractivity contribution in [3.8, 4) is 0 Å². The first-order valence-corrected chi connectivity index (χ1v) is 7.86. The summed E-state index contributed by atoms with van der Waals surface area (Å²) in [5.74, 6) is 1.64. The Balaban J connectivity index is 2.28. The number of hydrogen-bond acceptors (Lipinski definition) is 4. The Hall–Kier alpha value is -0.870. The van der Waals surface area contributed by atoms with Crippen molar-refractivity contribution in [2.45, 2.75) is 51.6 Å². The number of rotatable bonds is 3. The lowest BCUT2D eigenvalue weighted by molar-refractivity contribution is 0.170. The van der Waals surface area contributed by atoms with Gasteiger partial charge in [-0.05, 0) is 20.9 Å². The molecule has 1 aromatic heterocycles. The second kappa shape index (κ2) is 6.27. The van der Waals surface area contributed by atoms with Crippen molar-refractivity contribution in [3.63, 3.8) is 0 Å². The van der Waals surface area contributed by atoms with Crippen LogP contribution in [-0.4, -0.2) is 47.1 Å². The summed E-state index contributed by atoms with van der Waals surface area (Å²) in [6.45, 7) is 10.7. The zero-order valence-electron chi connectivity index (χ0n) is 13.1. The second-order valence-corrected chi connectivity index (χ2v) is 6.38. The number of alkyl halides is 1. The molecule has 0 bridgehead atoms. The maximum Gasteiger partial charge on any atom is 0.131 e. The van der Waals surface area contributed by atoms with E-state index in [1.165, 1.54) is 0 Å². The highest BCUT2D eigenvalue weighted by atomic mass is 35.5. The second-order valence-electron chi connectivity index (χ2n) is 6.12. The van der Waals surface area contributed by atoms with Gasteiger partial charge in [0.1, 0.15) is 5.82 Å². The van der Waals surface area contributed by atoms with E-state index in [9.17, 15) is 0 Å². The molecule has 0 spiro atoms. The van der Waals surface area contributed by atoms with Crippen molar-refractivity contribution in [2.24, 2.45) is 0 Å². The third-order valence-corrected chi connectivity index (χ3v) is 4.46. The van der Waals surface area contributed by atoms with Crippen molar-refractivity contribution >= 4 is 17.3 Å². The highest BCUT2D eigenvalue weighted by Crippen LogP contribution is 2.25. The number of piperazine rings is 1. The van der Waals surface area contributed by atoms with Crippen LogP contribution in [0.3, 0.4) is 0 Å². The maximum atomic E-state index is 6.10. The number of nitrogens with zero attached hydrogens (tertiary/aromatic N) is 4. The van der Waals surface area contributed by atoms with Crippen LogP contribution in [0.5, 0.6) is 0 Å². The largest absolute Gasteiger partial charge is 0.366 e. The van der Waals surface area contributed by atoms with Crippen LogP contribution in [0.25, 0.3) is 0 Å². The summed E-state index contributed by atoms with van der Waals surface area (Å²) in [5, 5.41) is 0. The van der Waals surface area contributed by atoms with Crippen molar-refractivity contribution < 1.29 is 0 Å². The summed E-state index contributed by atoms with van der Waals surface area (Å²) in [7, 11) is 2.19. The van der Waals surface area contributed by atoms with Gasteiger partial charge in [0.15, 0.2) is 0 Å². The van der Waals surface area contributed by atoms with Crippen molar-refractivity contribution in [3.05, 3.63) is 17.7 Å². The number of likely N-dealkylation sites (N-methyl/N-ethyl adjacent to an activating group) is 1. The molecule has 2 atom stereocenters. The molecule has 1 saturated heterocycles. The predicted octanol–water partition coefficient (Wildman–Crippen LogP) is 2.87. The quantitative estimate of drug-likeness (QED) is 0.803. The zero-order chi connectivity index (χ0) is 14.9. The summed E-state index contributed by atoms with van der Waals surface area (Å²) in [4.78, 5) is 13.9. The minimum absolute atomic E-state index is 0.330. The van der Waals surface area contributed by atoms with E-state index in [-0.39, 0.29) is 0 Å². The van der Waals surface area contributed by atoms with Gasteiger partial charge in [-0.2, -0.15) is 0 Å². The standard InChI is InChI=1S/C15H25ClN4/c1-10(2)15-17-7-14(13(6-16)18-15)20-8-11(3)19(5)12(4)9-20/h7,10-12H,6,8-9H2,1-5H3. The van der Waals surface area contributed by atoms with Gasteiger partial charge in [0, 0.05) is 31.1 Å². The van der Waals surface area contributed by atoms with Gasteiger partial charge in [-0.3, -0.25) is 4.90 Å². The molecule has 2 unspecified atom stereocenters. The average molecular weight is 297 g/mol. The fourth-order valence-corrected chi connectivity index (χ4v) is 2.86. The normalized spacial score (nSPS) is 24.4. The van der Waals surface area contributed by atoms with Crippen LogP contribution in [0.2, 0.25) is 0 Å². The summed E-state index contributed by atoms with van der Waals surface area (Å²) < 4.78 is 0. The van der Waals surface area contributed by atoms with Crippen molar-refractivity contribution in [1.82, 2.24) is 14.9 Å². The van der Waals surface area contributed by atoms with Gasteiger partial charge in [0.25, 0.3) is 0 Å². The first kappa shape index (κ1) is 15.5. The fourth-order valence-electron chi connectivity index (χ4n) is 2.67. The Morgan fingerprint density at radius 1 is 1.30 bits per heavy atom. The van der Waals surface area contributed by atoms with E-state index in [1.807, 2.05) is 6.20 Å². The van der Waals surface area contributed by atoms with Crippen LogP contribution in [-0.2, 0) is 5.88 Å². The van der Waals surface area contributed by atoms with E-state index in [2.05, 4.69) is 54.5 Å². The third-order valence-electron chi connectivity index (χ3n) is 4.21. The Morgan fingerprint density at radius 2 is 1.90 bits per heavy atom. The summed E-state index contributed by atoms with van der Waals surface area (Å²) in [6, 6.07) is 1.04. The molecule has 0 amide bonds. The van der Waals surface area contributed by atoms with E-state index in [0.29, 0.717) is 23.9 Å². The molecular weight excluding hydrogens is 272 g/mol. The smallest absolute Gasteiger partial charge is 0.131 e. The zero-order valence-corrected chi connectivity index (χ0v) is 13.9. The minimum atomic E-state index is 0.330. The molecule has 4 nitrogen and oxygen atoms in total. The minimum Gasteiger partial charge on any atom is -0.366 e. The summed E-state index contributed by atoms with van der Waals surface area (Å²) >= 11 is 6.10. The molecule has 1 aliphatic rings. The van der Waals surface area contributed by atoms with Crippen LogP contribution in [0.1, 0.15) is 45.1 Å². The molecule has 0 radical (unpaired) electrons. The van der Waals surface area contributed by atoms with Gasteiger partial charge in [-0.15, -0.1) is 11.6 Å². The lowest BCUT2D eigenvalue weighted by Crippen LogP contribution is -2.55. The lowest BCUT2D eigenvalue weighted by Gasteiger charge is -2.43. The lowest BCUT2D eigenvalue weighted by atomic mass is 10.1. The van der Waals surface area contributed by atoms with Crippen LogP contribution in [0.4, 0.5) is 5.69 Å². The molecule has 0 aliphatic carbocycles. The average Bonchev–Trinajstić information content (AvgIpc) is 2.43. The van der Waals surface area contributed by atoms with Gasteiger partial charge >= 0.3 is 0 Å². The van der Waals surface area contributed by atoms with Crippen LogP contribution < -0.4 is 4.90 Å². The summed E-state index contributed by atoms with van der Waals surface area (Å²) in [6.07, 6.45) is 1.95. The van der Waals surface area contributed by atoms with Crippen LogP contribution in [0.15, 0.2) is 6.20 Å². The topological polar surface area (TPSA) is 32.3 Å². The monoisotopic (exact) mass is 296 g/mol. The third kappa shape index (κ3) is 3.07. The molecule has 1 aromatic rings. The van der Waals surface area contributed by atoms with E-state index >= 15 is 0 Å². The Kier molecular flexibility index (Phi) is 4.86. The van der Waals surface area contributed by atoms with Crippen LogP contribution >= 0.6 is 11.6 Å². The first-order chi connectivity index (χ1) is 9.43. The van der Waals surface area contributed by atoms with Gasteiger partial charge in [0.2, 0.25) is 0 Å². The fraction of sp³-hybridized carbons (Fsp3) is 0.733. The molecule has 0 N–H and O–H groups in total. The Bertz CT molecular complexity index is 451. The molecule has 1 fully saturated rings. The molecule has 1 aliphatic heterocycles. The highest BCUT2D eigenvalue weighted by molar-refractivity contribution is 6.17. The molecular formula is C15H25ClN4. The van der Waals surface area contributed by atoms with E-state index in [4.69, 9.17) is 11.6 Å². The Morgan fingerprint density at radius 3 is 2.40 bits per heavy atom. The van der Waals surface area contributed by atoms with Crippen molar-refractivity contribution in [2.75, 3.05) is 25.0 Å². The molecule has 2 heterocycles. The van der Waals surface area contributed by atoms with Crippen molar-refractivity contribution in [1.29, 1.82) is 0 Å². The van der Waals surface area contributed by atoms with E-state index in [0.717, 1.165) is 30.3 Å². The van der Waals surface area contributed by atoms with Gasteiger partial charge < -0.3 is 4.90 Å². The Labute approximate surface area is 127 Å². The number of anilines is 1. The molecule has 20 heavy (non-hydrogen) atoms. The molecule has 0 saturated carbocycles. The molecule has 2 rings (SSSR count). The SMILES string of the molecule is CC(C)c1ncc(N2CC(C)N(C)C(C)C2)c(CCl)n1. The van der Waals surface area contributed by atoms with Gasteiger partial charge in [-0.25, -0.2) is 9.97 Å². The van der Waals surface area contributed by atoms with Gasteiger partial charge in [-0.1, -0.05) is 13.8 Å². The summed E-state index contributed by atoms with van der Waals surface area (Å²) in [5.41, 5.74) is 2.05. The molecule has 0 aromatic carbocycles. The van der Waals surface area contributed by atoms with E-state index < -0.39 is 0 Å². The maximum absolute atomic E-state index is 6.10. The number of halogens is 1. The first-order valence-electron chi connectivity index (χ1n) is 7.32. The molecule has 112 valence electrons. The molecule has 5 heteroatoms.